The van der Waals surface area contributed by atoms with Crippen LogP contribution in [-0.2, 0) is 6.54 Å². The summed E-state index contributed by atoms with van der Waals surface area (Å²) in [5.74, 6) is 0.744. The molecule has 0 radical (unpaired) electrons. The molecule has 14 heavy (non-hydrogen) atoms. The summed E-state index contributed by atoms with van der Waals surface area (Å²) >= 11 is 0. The molecule has 0 saturated carbocycles. The Morgan fingerprint density at radius 2 is 2.29 bits per heavy atom. The highest BCUT2D eigenvalue weighted by atomic mass is 16.3. The third-order valence-corrected chi connectivity index (χ3v) is 1.96. The molecule has 1 heterocycles. The Hall–Kier alpha value is -1.91. The minimum atomic E-state index is 0.401. The molecule has 2 rings (SSSR count). The smallest absolute Gasteiger partial charge is 0.128 e. The van der Waals surface area contributed by atoms with Crippen LogP contribution in [-0.4, -0.2) is 22.0 Å². The maximum Gasteiger partial charge on any atom is 0.128 e. The second-order valence-corrected chi connectivity index (χ2v) is 3.10. The fourth-order valence-corrected chi connectivity index (χ4v) is 1.33. The Kier molecular flexibility index (Phi) is 2.14. The van der Waals surface area contributed by atoms with Crippen molar-refractivity contribution >= 4 is 11.0 Å². The van der Waals surface area contributed by atoms with Gasteiger partial charge in [0.05, 0.1) is 22.9 Å². The highest BCUT2D eigenvalue weighted by molar-refractivity contribution is 5.74. The molecular weight excluding hydrogens is 180 g/mol. The maximum atomic E-state index is 10.2. The van der Waals surface area contributed by atoms with E-state index < -0.39 is 0 Å². The quantitative estimate of drug-likeness (QED) is 0.591. The van der Waals surface area contributed by atoms with Crippen molar-refractivity contribution in [3.63, 3.8) is 0 Å². The van der Waals surface area contributed by atoms with E-state index in [2.05, 4.69) is 15.3 Å². The molecule has 0 amide bonds. The number of rotatable bonds is 3. The minimum Gasteiger partial charge on any atom is -0.340 e. The van der Waals surface area contributed by atoms with Crippen molar-refractivity contribution in [3.8, 4) is 0 Å². The lowest BCUT2D eigenvalue weighted by Gasteiger charge is -2.03. The van der Waals surface area contributed by atoms with Gasteiger partial charge in [0.25, 0.3) is 0 Å². The van der Waals surface area contributed by atoms with Gasteiger partial charge in [0.15, 0.2) is 0 Å². The predicted octanol–water partition coefficient (Wildman–Crippen LogP) is 1.68. The normalized spacial score (nSPS) is 10.4. The van der Waals surface area contributed by atoms with E-state index in [1.54, 1.807) is 7.05 Å². The summed E-state index contributed by atoms with van der Waals surface area (Å²) in [6.07, 6.45) is 0. The Labute approximate surface area is 80.7 Å². The molecule has 0 atom stereocenters. The molecule has 0 saturated heterocycles. The molecule has 1 aromatic heterocycles. The van der Waals surface area contributed by atoms with Crippen molar-refractivity contribution in [2.45, 2.75) is 6.54 Å². The highest BCUT2D eigenvalue weighted by Crippen LogP contribution is 2.10. The zero-order chi connectivity index (χ0) is 9.97. The Bertz CT molecular complexity index is 418. The van der Waals surface area contributed by atoms with E-state index in [-0.39, 0.29) is 0 Å². The van der Waals surface area contributed by atoms with Crippen LogP contribution in [0.3, 0.4) is 0 Å². The number of hydrogen-bond donors (Lipinski definition) is 1. The van der Waals surface area contributed by atoms with Gasteiger partial charge in [-0.25, -0.2) is 4.98 Å². The van der Waals surface area contributed by atoms with Crippen molar-refractivity contribution < 1.29 is 0 Å². The van der Waals surface area contributed by atoms with E-state index in [0.717, 1.165) is 16.9 Å². The van der Waals surface area contributed by atoms with E-state index in [9.17, 15) is 4.91 Å². The van der Waals surface area contributed by atoms with Crippen LogP contribution in [0.4, 0.5) is 0 Å². The summed E-state index contributed by atoms with van der Waals surface area (Å²) in [5, 5.41) is 4.07. The second kappa shape index (κ2) is 3.45. The summed E-state index contributed by atoms with van der Waals surface area (Å²) in [6, 6.07) is 7.73. The van der Waals surface area contributed by atoms with Crippen LogP contribution in [0.15, 0.2) is 29.6 Å². The third kappa shape index (κ3) is 1.56. The molecule has 72 valence electrons. The number of imidazole rings is 1. The minimum absolute atomic E-state index is 0.401. The lowest BCUT2D eigenvalue weighted by molar-refractivity contribution is 0.334. The fourth-order valence-electron chi connectivity index (χ4n) is 1.33. The van der Waals surface area contributed by atoms with Crippen molar-refractivity contribution in [1.82, 2.24) is 15.0 Å². The van der Waals surface area contributed by atoms with Gasteiger partial charge in [0.2, 0.25) is 0 Å². The van der Waals surface area contributed by atoms with Crippen LogP contribution < -0.4 is 0 Å². The van der Waals surface area contributed by atoms with Gasteiger partial charge in [-0.15, -0.1) is 4.91 Å². The zero-order valence-electron chi connectivity index (χ0n) is 7.77. The summed E-state index contributed by atoms with van der Waals surface area (Å²) in [7, 11) is 1.61. The molecule has 0 aliphatic carbocycles. The molecule has 5 heteroatoms. The fraction of sp³-hybridized carbons (Fsp3) is 0.222. The van der Waals surface area contributed by atoms with Gasteiger partial charge in [0, 0.05) is 7.05 Å². The van der Waals surface area contributed by atoms with Crippen LogP contribution in [0, 0.1) is 4.91 Å². The molecule has 2 aromatic rings. The molecule has 0 bridgehead atoms. The average Bonchev–Trinajstić information content (AvgIpc) is 2.59. The Balaban J connectivity index is 2.31. The Morgan fingerprint density at radius 3 is 3.00 bits per heavy atom. The summed E-state index contributed by atoms with van der Waals surface area (Å²) in [5.41, 5.74) is 1.88. The number of nitrogens with zero attached hydrogens (tertiary/aromatic N) is 3. The monoisotopic (exact) mass is 190 g/mol. The predicted molar refractivity (Wildman–Crippen MR) is 53.4 cm³/mol. The molecule has 1 N–H and O–H groups in total. The molecule has 0 fully saturated rings. The first-order valence-corrected chi connectivity index (χ1v) is 4.27. The van der Waals surface area contributed by atoms with E-state index in [1.165, 1.54) is 5.01 Å². The van der Waals surface area contributed by atoms with E-state index in [0.29, 0.717) is 6.54 Å². The molecule has 0 spiro atoms. The largest absolute Gasteiger partial charge is 0.340 e. The molecular formula is C9H10N4O. The maximum absolute atomic E-state index is 10.2. The van der Waals surface area contributed by atoms with Crippen molar-refractivity contribution in [3.05, 3.63) is 35.0 Å². The number of para-hydroxylation sites is 2. The van der Waals surface area contributed by atoms with Crippen molar-refractivity contribution in [2.75, 3.05) is 7.05 Å². The number of aromatic nitrogens is 2. The molecule has 0 aliphatic heterocycles. The van der Waals surface area contributed by atoms with Crippen LogP contribution in [0.2, 0.25) is 0 Å². The van der Waals surface area contributed by atoms with Gasteiger partial charge in [-0.2, -0.15) is 0 Å². The number of H-pyrrole nitrogens is 1. The average molecular weight is 190 g/mol. The van der Waals surface area contributed by atoms with Crippen molar-refractivity contribution in [1.29, 1.82) is 0 Å². The SMILES string of the molecule is CN(Cc1nc2ccccc2[nH]1)N=O. The first-order valence-electron chi connectivity index (χ1n) is 4.27. The second-order valence-electron chi connectivity index (χ2n) is 3.10. The molecule has 0 aliphatic rings. The number of nitrogens with one attached hydrogen (secondary N) is 1. The summed E-state index contributed by atoms with van der Waals surface area (Å²) in [4.78, 5) is 17.6. The highest BCUT2D eigenvalue weighted by Gasteiger charge is 2.03. The number of fused-ring (bicyclic) bond motifs is 1. The molecule has 5 nitrogen and oxygen atoms in total. The van der Waals surface area contributed by atoms with Gasteiger partial charge in [-0.3, -0.25) is 5.01 Å². The van der Waals surface area contributed by atoms with Crippen LogP contribution in [0.25, 0.3) is 11.0 Å². The summed E-state index contributed by atoms with van der Waals surface area (Å²) in [6.45, 7) is 0.401. The van der Waals surface area contributed by atoms with Gasteiger partial charge < -0.3 is 4.98 Å². The first-order chi connectivity index (χ1) is 6.79. The zero-order valence-corrected chi connectivity index (χ0v) is 7.77. The Morgan fingerprint density at radius 1 is 1.50 bits per heavy atom. The van der Waals surface area contributed by atoms with Crippen LogP contribution in [0.5, 0.6) is 0 Å². The standard InChI is InChI=1S/C9H10N4O/c1-13(12-14)6-9-10-7-4-2-3-5-8(7)11-9/h2-5H,6H2,1H3,(H,10,11). The molecule has 1 aromatic carbocycles. The molecule has 0 unspecified atom stereocenters. The van der Waals surface area contributed by atoms with Gasteiger partial charge in [0.1, 0.15) is 5.82 Å². The third-order valence-electron chi connectivity index (χ3n) is 1.96. The summed E-state index contributed by atoms with van der Waals surface area (Å²) < 4.78 is 0. The first kappa shape index (κ1) is 8.68. The van der Waals surface area contributed by atoms with E-state index in [4.69, 9.17) is 0 Å². The van der Waals surface area contributed by atoms with Crippen LogP contribution in [0.1, 0.15) is 5.82 Å². The van der Waals surface area contributed by atoms with E-state index >= 15 is 0 Å². The number of hydrogen-bond acceptors (Lipinski definition) is 3. The van der Waals surface area contributed by atoms with Gasteiger partial charge in [-0.1, -0.05) is 12.1 Å². The lowest BCUT2D eigenvalue weighted by Crippen LogP contribution is -2.10. The number of aromatic amines is 1. The van der Waals surface area contributed by atoms with Crippen LogP contribution >= 0.6 is 0 Å². The van der Waals surface area contributed by atoms with Gasteiger partial charge in [-0.05, 0) is 12.1 Å². The van der Waals surface area contributed by atoms with E-state index in [1.807, 2.05) is 24.3 Å². The topological polar surface area (TPSA) is 61.4 Å². The number of benzene rings is 1. The number of nitroso groups, excluding NO2 is 1. The van der Waals surface area contributed by atoms with Gasteiger partial charge >= 0.3 is 0 Å². The lowest BCUT2D eigenvalue weighted by atomic mass is 10.3. The van der Waals surface area contributed by atoms with Crippen molar-refractivity contribution in [2.24, 2.45) is 5.29 Å².